The van der Waals surface area contributed by atoms with E-state index in [4.69, 9.17) is 4.74 Å². The number of methoxy groups -OCH3 is 1. The largest absolute Gasteiger partial charge is 0.497 e. The third-order valence-electron chi connectivity index (χ3n) is 2.93. The highest BCUT2D eigenvalue weighted by Gasteiger charge is 2.06. The molecule has 0 saturated carbocycles. The second kappa shape index (κ2) is 6.09. The molecule has 0 radical (unpaired) electrons. The Labute approximate surface area is 114 Å². The van der Waals surface area contributed by atoms with Gasteiger partial charge in [-0.1, -0.05) is 6.07 Å². The number of hydrogen-bond acceptors (Lipinski definition) is 4. The van der Waals surface area contributed by atoms with E-state index < -0.39 is 0 Å². The number of nitrogens with zero attached hydrogens (tertiary/aromatic N) is 2. The minimum Gasteiger partial charge on any atom is -0.497 e. The van der Waals surface area contributed by atoms with Crippen molar-refractivity contribution in [3.63, 3.8) is 0 Å². The Morgan fingerprint density at radius 2 is 2.05 bits per heavy atom. The van der Waals surface area contributed by atoms with Gasteiger partial charge in [0.15, 0.2) is 0 Å². The summed E-state index contributed by atoms with van der Waals surface area (Å²) < 4.78 is 5.25. The Morgan fingerprint density at radius 3 is 2.79 bits per heavy atom. The van der Waals surface area contributed by atoms with Crippen molar-refractivity contribution in [2.75, 3.05) is 30.9 Å². The molecule has 1 aromatic heterocycles. The highest BCUT2D eigenvalue weighted by atomic mass is 16.5. The maximum absolute atomic E-state index is 5.25. The number of ether oxygens (including phenoxy) is 1. The van der Waals surface area contributed by atoms with Crippen LogP contribution < -0.4 is 15.0 Å². The number of benzene rings is 1. The number of rotatable bonds is 5. The van der Waals surface area contributed by atoms with Crippen LogP contribution in [0.5, 0.6) is 5.75 Å². The van der Waals surface area contributed by atoms with Gasteiger partial charge in [-0.3, -0.25) is 4.98 Å². The molecule has 100 valence electrons. The summed E-state index contributed by atoms with van der Waals surface area (Å²) in [7, 11) is 3.69. The van der Waals surface area contributed by atoms with Gasteiger partial charge in [-0.25, -0.2) is 0 Å². The van der Waals surface area contributed by atoms with Gasteiger partial charge in [-0.2, -0.15) is 0 Å². The molecule has 0 fully saturated rings. The van der Waals surface area contributed by atoms with E-state index in [-0.39, 0.29) is 0 Å². The molecule has 0 bridgehead atoms. The van der Waals surface area contributed by atoms with Crippen molar-refractivity contribution >= 4 is 17.1 Å². The van der Waals surface area contributed by atoms with E-state index >= 15 is 0 Å². The van der Waals surface area contributed by atoms with Crippen LogP contribution in [0.1, 0.15) is 6.92 Å². The zero-order valence-corrected chi connectivity index (χ0v) is 11.6. The number of aromatic nitrogens is 1. The normalized spacial score (nSPS) is 10.1. The second-order valence-electron chi connectivity index (χ2n) is 4.22. The van der Waals surface area contributed by atoms with Crippen molar-refractivity contribution in [1.82, 2.24) is 4.98 Å². The van der Waals surface area contributed by atoms with Crippen LogP contribution >= 0.6 is 0 Å². The second-order valence-corrected chi connectivity index (χ2v) is 4.22. The van der Waals surface area contributed by atoms with Gasteiger partial charge in [0.1, 0.15) is 5.75 Å². The fraction of sp³-hybridized carbons (Fsp3) is 0.267. The van der Waals surface area contributed by atoms with Gasteiger partial charge in [-0.05, 0) is 25.1 Å². The molecule has 2 aromatic rings. The average molecular weight is 257 g/mol. The molecule has 0 aliphatic rings. The molecule has 4 heteroatoms. The van der Waals surface area contributed by atoms with E-state index in [1.54, 1.807) is 7.11 Å². The molecule has 0 amide bonds. The Bertz CT molecular complexity index is 542. The Hall–Kier alpha value is -2.23. The molecule has 0 unspecified atom stereocenters. The van der Waals surface area contributed by atoms with Crippen LogP contribution in [0.3, 0.4) is 0 Å². The first-order valence-corrected chi connectivity index (χ1v) is 6.31. The molecular weight excluding hydrogens is 238 g/mol. The Morgan fingerprint density at radius 1 is 1.21 bits per heavy atom. The first kappa shape index (κ1) is 13.2. The third kappa shape index (κ3) is 3.16. The van der Waals surface area contributed by atoms with E-state index in [0.29, 0.717) is 0 Å². The predicted octanol–water partition coefficient (Wildman–Crippen LogP) is 3.29. The maximum Gasteiger partial charge on any atom is 0.120 e. The minimum atomic E-state index is 0.847. The summed E-state index contributed by atoms with van der Waals surface area (Å²) in [5, 5.41) is 3.26. The zero-order valence-electron chi connectivity index (χ0n) is 11.6. The maximum atomic E-state index is 5.25. The Kier molecular flexibility index (Phi) is 4.23. The lowest BCUT2D eigenvalue weighted by Crippen LogP contribution is -2.10. The number of hydrogen-bond donors (Lipinski definition) is 1. The van der Waals surface area contributed by atoms with Gasteiger partial charge in [-0.15, -0.1) is 0 Å². The van der Waals surface area contributed by atoms with Crippen LogP contribution in [0.2, 0.25) is 0 Å². The topological polar surface area (TPSA) is 37.4 Å². The van der Waals surface area contributed by atoms with E-state index in [9.17, 15) is 0 Å². The predicted molar refractivity (Wildman–Crippen MR) is 79.5 cm³/mol. The Balaban J connectivity index is 2.27. The van der Waals surface area contributed by atoms with Crippen LogP contribution in [0.15, 0.2) is 42.7 Å². The molecule has 0 atom stereocenters. The van der Waals surface area contributed by atoms with Crippen molar-refractivity contribution in [3.05, 3.63) is 42.7 Å². The highest BCUT2D eigenvalue weighted by Crippen LogP contribution is 2.27. The van der Waals surface area contributed by atoms with Gasteiger partial charge in [0.25, 0.3) is 0 Å². The number of nitrogens with one attached hydrogen (secondary N) is 1. The quantitative estimate of drug-likeness (QED) is 0.892. The van der Waals surface area contributed by atoms with E-state index in [0.717, 1.165) is 29.4 Å². The van der Waals surface area contributed by atoms with E-state index in [2.05, 4.69) is 28.2 Å². The lowest BCUT2D eigenvalue weighted by molar-refractivity contribution is 0.415. The fourth-order valence-electron chi connectivity index (χ4n) is 1.88. The van der Waals surface area contributed by atoms with Crippen molar-refractivity contribution in [2.45, 2.75) is 6.92 Å². The molecule has 1 heterocycles. The standard InChI is InChI=1S/C15H19N3O/c1-4-17-12-8-14(11-16-10-12)18(2)13-6-5-7-15(9-13)19-3/h5-11,17H,4H2,1-3H3. The van der Waals surface area contributed by atoms with Crippen molar-refractivity contribution in [2.24, 2.45) is 0 Å². The SMILES string of the molecule is CCNc1cncc(N(C)c2cccc(OC)c2)c1. The van der Waals surface area contributed by atoms with Crippen LogP contribution in [0.4, 0.5) is 17.1 Å². The molecule has 1 aromatic carbocycles. The van der Waals surface area contributed by atoms with Gasteiger partial charge < -0.3 is 15.0 Å². The fourth-order valence-corrected chi connectivity index (χ4v) is 1.88. The molecule has 0 aliphatic carbocycles. The summed E-state index contributed by atoms with van der Waals surface area (Å²) in [6, 6.07) is 10.0. The minimum absolute atomic E-state index is 0.847. The lowest BCUT2D eigenvalue weighted by atomic mass is 10.2. The molecule has 2 rings (SSSR count). The van der Waals surface area contributed by atoms with Gasteiger partial charge in [0.2, 0.25) is 0 Å². The molecule has 19 heavy (non-hydrogen) atoms. The molecule has 0 saturated heterocycles. The van der Waals surface area contributed by atoms with Gasteiger partial charge in [0.05, 0.1) is 30.9 Å². The molecule has 1 N–H and O–H groups in total. The number of pyridine rings is 1. The number of anilines is 3. The van der Waals surface area contributed by atoms with Crippen LogP contribution in [-0.4, -0.2) is 25.7 Å². The highest BCUT2D eigenvalue weighted by molar-refractivity contribution is 5.66. The van der Waals surface area contributed by atoms with Crippen molar-refractivity contribution < 1.29 is 4.74 Å². The molecule has 0 aliphatic heterocycles. The van der Waals surface area contributed by atoms with E-state index in [1.807, 2.05) is 43.7 Å². The molecule has 0 spiro atoms. The summed E-state index contributed by atoms with van der Waals surface area (Å²) in [6.07, 6.45) is 3.67. The van der Waals surface area contributed by atoms with Crippen LogP contribution in [-0.2, 0) is 0 Å². The van der Waals surface area contributed by atoms with Crippen molar-refractivity contribution in [1.29, 1.82) is 0 Å². The van der Waals surface area contributed by atoms with Gasteiger partial charge in [0, 0.05) is 25.3 Å². The zero-order chi connectivity index (χ0) is 13.7. The smallest absolute Gasteiger partial charge is 0.120 e. The molecule has 4 nitrogen and oxygen atoms in total. The van der Waals surface area contributed by atoms with E-state index in [1.165, 1.54) is 0 Å². The van der Waals surface area contributed by atoms with Crippen LogP contribution in [0, 0.1) is 0 Å². The lowest BCUT2D eigenvalue weighted by Gasteiger charge is -2.20. The summed E-state index contributed by atoms with van der Waals surface area (Å²) >= 11 is 0. The molecular formula is C15H19N3O. The average Bonchev–Trinajstić information content (AvgIpc) is 2.47. The monoisotopic (exact) mass is 257 g/mol. The first-order valence-electron chi connectivity index (χ1n) is 6.31. The third-order valence-corrected chi connectivity index (χ3v) is 2.93. The first-order chi connectivity index (χ1) is 9.24. The summed E-state index contributed by atoms with van der Waals surface area (Å²) in [4.78, 5) is 6.34. The van der Waals surface area contributed by atoms with Crippen LogP contribution in [0.25, 0.3) is 0 Å². The van der Waals surface area contributed by atoms with Gasteiger partial charge >= 0.3 is 0 Å². The summed E-state index contributed by atoms with van der Waals surface area (Å²) in [6.45, 7) is 2.95. The van der Waals surface area contributed by atoms with Crippen molar-refractivity contribution in [3.8, 4) is 5.75 Å². The summed E-state index contributed by atoms with van der Waals surface area (Å²) in [5.41, 5.74) is 3.12. The summed E-state index contributed by atoms with van der Waals surface area (Å²) in [5.74, 6) is 0.847.